The zero-order valence-corrected chi connectivity index (χ0v) is 40.3. The number of likely N-dealkylation sites (tertiary alicyclic amines) is 1. The van der Waals surface area contributed by atoms with E-state index in [1.54, 1.807) is 32.0 Å². The number of rotatable bonds is 10. The number of piperazine rings is 1. The molecule has 0 spiro atoms. The van der Waals surface area contributed by atoms with Crippen LogP contribution in [0.15, 0.2) is 122 Å². The first-order chi connectivity index (χ1) is 33.4. The largest absolute Gasteiger partial charge is 0.369 e. The first kappa shape index (κ1) is 46.6. The molecule has 0 bridgehead atoms. The number of benzene rings is 2. The first-order valence-electron chi connectivity index (χ1n) is 23.1. The molecular weight excluding hydrogens is 887 g/mol. The van der Waals surface area contributed by atoms with Crippen LogP contribution in [0, 0.1) is 13.8 Å². The maximum atomic E-state index is 11.8. The summed E-state index contributed by atoms with van der Waals surface area (Å²) in [5.41, 5.74) is 11.9. The number of carbonyl (C=O) groups is 1. The van der Waals surface area contributed by atoms with Gasteiger partial charge in [-0.05, 0) is 117 Å². The molecule has 0 atom stereocenters. The van der Waals surface area contributed by atoms with Crippen molar-refractivity contribution in [3.05, 3.63) is 145 Å². The van der Waals surface area contributed by atoms with Crippen molar-refractivity contribution in [2.45, 2.75) is 46.1 Å². The minimum atomic E-state index is -3.15. The van der Waals surface area contributed by atoms with Gasteiger partial charge >= 0.3 is 0 Å². The lowest BCUT2D eigenvalue weighted by Gasteiger charge is -2.34. The lowest BCUT2D eigenvalue weighted by atomic mass is 9.89. The lowest BCUT2D eigenvalue weighted by Crippen LogP contribution is -2.48. The standard InChI is InChI=1S/C27H28N6O.C25H27N7O2S/c1-18-14-22(8-11-28-18)25-7-5-23(16-29-25)32(3)27-24-6-4-21(15-26(24)30-17-31-27)20-9-12-33(13-10-20)19(2)34;1-18-13-20(7-8-26-18)23-6-3-19(15-27-23)16-28-25-22-5-4-21(14-24(22)29-17-30-25)31-9-11-32(12-10-31)35(2,33)34/h4-8,11,14-17,20H,9-10,12-13H2,1-3H3;3-8,13-15,17H,9-12,16H2,1-2H3,(H,28,29,30). The van der Waals surface area contributed by atoms with Gasteiger partial charge in [0.2, 0.25) is 15.9 Å². The fourth-order valence-electron chi connectivity index (χ4n) is 8.94. The highest BCUT2D eigenvalue weighted by molar-refractivity contribution is 7.88. The summed E-state index contributed by atoms with van der Waals surface area (Å²) < 4.78 is 25.1. The number of anilines is 4. The van der Waals surface area contributed by atoms with Gasteiger partial charge in [0.25, 0.3) is 0 Å². The van der Waals surface area contributed by atoms with E-state index in [-0.39, 0.29) is 5.91 Å². The van der Waals surface area contributed by atoms with E-state index in [2.05, 4.69) is 80.4 Å². The smallest absolute Gasteiger partial charge is 0.219 e. The molecule has 17 heteroatoms. The van der Waals surface area contributed by atoms with E-state index in [9.17, 15) is 13.2 Å². The molecule has 0 unspecified atom stereocenters. The van der Waals surface area contributed by atoms with Crippen LogP contribution < -0.4 is 15.1 Å². The van der Waals surface area contributed by atoms with Crippen LogP contribution in [0.1, 0.15) is 48.2 Å². The predicted molar refractivity (Wildman–Crippen MR) is 272 cm³/mol. The highest BCUT2D eigenvalue weighted by atomic mass is 32.2. The van der Waals surface area contributed by atoms with Crippen LogP contribution in [-0.2, 0) is 21.4 Å². The molecule has 16 nitrogen and oxygen atoms in total. The van der Waals surface area contributed by atoms with Crippen molar-refractivity contribution < 1.29 is 13.2 Å². The summed E-state index contributed by atoms with van der Waals surface area (Å²) in [4.78, 5) is 53.6. The molecule has 69 heavy (non-hydrogen) atoms. The minimum Gasteiger partial charge on any atom is -0.369 e. The summed E-state index contributed by atoms with van der Waals surface area (Å²) in [6.07, 6.45) is 13.8. The molecule has 2 saturated heterocycles. The molecule has 2 aliphatic rings. The maximum absolute atomic E-state index is 11.8. The zero-order chi connectivity index (χ0) is 48.1. The van der Waals surface area contributed by atoms with Gasteiger partial charge in [0, 0.05) is 117 Å². The van der Waals surface area contributed by atoms with E-state index in [1.807, 2.05) is 97.7 Å². The number of nitrogens with one attached hydrogen (secondary N) is 1. The molecule has 1 amide bonds. The second-order valence-corrected chi connectivity index (χ2v) is 19.5. The summed E-state index contributed by atoms with van der Waals surface area (Å²) in [7, 11) is -1.15. The van der Waals surface area contributed by atoms with Gasteiger partial charge in [-0.25, -0.2) is 28.4 Å². The Morgan fingerprint density at radius 3 is 1.93 bits per heavy atom. The van der Waals surface area contributed by atoms with Gasteiger partial charge in [0.05, 0.1) is 40.6 Å². The summed E-state index contributed by atoms with van der Waals surface area (Å²) in [5.74, 6) is 2.22. The normalized spacial score (nSPS) is 14.6. The topological polar surface area (TPSA) is 179 Å². The van der Waals surface area contributed by atoms with Gasteiger partial charge in [-0.3, -0.25) is 24.7 Å². The third-order valence-electron chi connectivity index (χ3n) is 12.9. The number of aromatic nitrogens is 8. The van der Waals surface area contributed by atoms with Crippen LogP contribution in [0.3, 0.4) is 0 Å². The Morgan fingerprint density at radius 2 is 1.32 bits per heavy atom. The summed E-state index contributed by atoms with van der Waals surface area (Å²) in [6, 6.07) is 28.7. The number of carbonyl (C=O) groups excluding carboxylic acids is 1. The van der Waals surface area contributed by atoms with E-state index in [0.717, 1.165) is 110 Å². The number of piperidine rings is 1. The van der Waals surface area contributed by atoms with Crippen LogP contribution >= 0.6 is 0 Å². The summed E-state index contributed by atoms with van der Waals surface area (Å²) in [5, 5.41) is 5.34. The zero-order valence-electron chi connectivity index (χ0n) is 39.5. The van der Waals surface area contributed by atoms with E-state index in [4.69, 9.17) is 0 Å². The predicted octanol–water partition coefficient (Wildman–Crippen LogP) is 7.98. The van der Waals surface area contributed by atoms with E-state index in [0.29, 0.717) is 38.6 Å². The molecular formula is C52H55N13O3S. The Hall–Kier alpha value is -7.50. The average Bonchev–Trinajstić information content (AvgIpc) is 3.37. The highest BCUT2D eigenvalue weighted by Gasteiger charge is 2.25. The molecule has 6 aromatic heterocycles. The van der Waals surface area contributed by atoms with E-state index >= 15 is 0 Å². The first-order valence-corrected chi connectivity index (χ1v) is 24.9. The second-order valence-electron chi connectivity index (χ2n) is 17.6. The number of hydrogen-bond donors (Lipinski definition) is 1. The van der Waals surface area contributed by atoms with Crippen molar-refractivity contribution in [3.63, 3.8) is 0 Å². The van der Waals surface area contributed by atoms with Crippen LogP contribution in [0.4, 0.5) is 23.0 Å². The highest BCUT2D eigenvalue weighted by Crippen LogP contribution is 2.34. The van der Waals surface area contributed by atoms with Crippen LogP contribution in [-0.4, -0.2) is 116 Å². The number of aryl methyl sites for hydroxylation is 2. The number of hydrogen-bond acceptors (Lipinski definition) is 14. The quantitative estimate of drug-likeness (QED) is 0.139. The fourth-order valence-corrected chi connectivity index (χ4v) is 9.77. The number of fused-ring (bicyclic) bond motifs is 2. The van der Waals surface area contributed by atoms with E-state index < -0.39 is 10.0 Å². The fraction of sp³-hybridized carbons (Fsp3) is 0.288. The van der Waals surface area contributed by atoms with Crippen molar-refractivity contribution in [1.82, 2.24) is 49.1 Å². The number of nitrogens with zero attached hydrogens (tertiary/aromatic N) is 12. The Balaban J connectivity index is 0.000000172. The van der Waals surface area contributed by atoms with Gasteiger partial charge in [0.1, 0.15) is 24.3 Å². The summed E-state index contributed by atoms with van der Waals surface area (Å²) >= 11 is 0. The Morgan fingerprint density at radius 1 is 0.681 bits per heavy atom. The number of amides is 1. The van der Waals surface area contributed by atoms with Crippen LogP contribution in [0.25, 0.3) is 44.3 Å². The molecule has 2 fully saturated rings. The Labute approximate surface area is 402 Å². The van der Waals surface area contributed by atoms with Gasteiger partial charge in [-0.1, -0.05) is 12.1 Å². The minimum absolute atomic E-state index is 0.163. The van der Waals surface area contributed by atoms with Gasteiger partial charge < -0.3 is 20.0 Å². The molecule has 8 heterocycles. The third kappa shape index (κ3) is 11.0. The van der Waals surface area contributed by atoms with E-state index in [1.165, 1.54) is 16.1 Å². The molecule has 1 N–H and O–H groups in total. The van der Waals surface area contributed by atoms with Crippen LogP contribution in [0.2, 0.25) is 0 Å². The Kier molecular flexibility index (Phi) is 13.8. The molecule has 0 saturated carbocycles. The summed E-state index contributed by atoms with van der Waals surface area (Å²) in [6.45, 7) is 10.1. The number of pyridine rings is 4. The SMILES string of the molecule is CC(=O)N1CCC(c2ccc3c(N(C)c4ccc(-c5ccnc(C)c5)nc4)ncnc3c2)CC1.Cc1cc(-c2ccc(CNc3ncnc4cc(N5CCN(S(C)(=O)=O)CC5)ccc34)cn2)ccn1. The average molecular weight is 942 g/mol. The van der Waals surface area contributed by atoms with Gasteiger partial charge in [-0.2, -0.15) is 4.31 Å². The van der Waals surface area contributed by atoms with Gasteiger partial charge in [-0.15, -0.1) is 0 Å². The molecule has 8 aromatic rings. The van der Waals surface area contributed by atoms with Crippen molar-refractivity contribution in [1.29, 1.82) is 0 Å². The monoisotopic (exact) mass is 941 g/mol. The second kappa shape index (κ2) is 20.4. The van der Waals surface area contributed by atoms with Gasteiger partial charge in [0.15, 0.2) is 0 Å². The lowest BCUT2D eigenvalue weighted by molar-refractivity contribution is -0.129. The Bertz CT molecular complexity index is 3210. The maximum Gasteiger partial charge on any atom is 0.219 e. The van der Waals surface area contributed by atoms with Crippen molar-refractivity contribution >= 4 is 60.7 Å². The van der Waals surface area contributed by atoms with Crippen molar-refractivity contribution in [2.24, 2.45) is 0 Å². The van der Waals surface area contributed by atoms with Crippen molar-refractivity contribution in [2.75, 3.05) is 67.7 Å². The number of sulfonamides is 1. The molecule has 0 aliphatic carbocycles. The molecule has 352 valence electrons. The molecule has 2 aromatic carbocycles. The van der Waals surface area contributed by atoms with Crippen molar-refractivity contribution in [3.8, 4) is 22.5 Å². The molecule has 10 rings (SSSR count). The molecule has 2 aliphatic heterocycles. The van der Waals surface area contributed by atoms with Crippen LogP contribution in [0.5, 0.6) is 0 Å². The molecule has 0 radical (unpaired) electrons. The third-order valence-corrected chi connectivity index (χ3v) is 14.2.